The van der Waals surface area contributed by atoms with E-state index in [9.17, 15) is 5.11 Å². The van der Waals surface area contributed by atoms with Crippen LogP contribution in [0.3, 0.4) is 0 Å². The summed E-state index contributed by atoms with van der Waals surface area (Å²) in [6, 6.07) is 8.78. The molecule has 0 bridgehead atoms. The summed E-state index contributed by atoms with van der Waals surface area (Å²) in [6.45, 7) is 7.46. The van der Waals surface area contributed by atoms with Crippen molar-refractivity contribution >= 4 is 0 Å². The van der Waals surface area contributed by atoms with Crippen molar-refractivity contribution in [2.24, 2.45) is 5.41 Å². The molecule has 1 N–H and O–H groups in total. The lowest BCUT2D eigenvalue weighted by molar-refractivity contribution is 0.0272. The lowest BCUT2D eigenvalue weighted by atomic mass is 9.77. The van der Waals surface area contributed by atoms with Crippen LogP contribution in [0.1, 0.15) is 44.2 Å². The number of hydrogen-bond donors (Lipinski definition) is 1. The molecule has 1 aliphatic rings. The first-order chi connectivity index (χ1) is 8.57. The standard InChI is InChI=1S/C16H24O2/c1-12(2)15-6-4-14(5-7-15)10-16(11-17)8-9-18-13(16)3/h4-7,12-13,17H,8-11H2,1-3H3. The molecule has 2 atom stereocenters. The second kappa shape index (κ2) is 5.41. The van der Waals surface area contributed by atoms with Gasteiger partial charge in [-0.25, -0.2) is 0 Å². The van der Waals surface area contributed by atoms with E-state index >= 15 is 0 Å². The Labute approximate surface area is 110 Å². The summed E-state index contributed by atoms with van der Waals surface area (Å²) in [7, 11) is 0. The van der Waals surface area contributed by atoms with Crippen LogP contribution in [0, 0.1) is 5.41 Å². The highest BCUT2D eigenvalue weighted by Crippen LogP contribution is 2.37. The van der Waals surface area contributed by atoms with Crippen LogP contribution in [0.25, 0.3) is 0 Å². The van der Waals surface area contributed by atoms with Crippen LogP contribution < -0.4 is 0 Å². The van der Waals surface area contributed by atoms with E-state index < -0.39 is 0 Å². The molecule has 2 heteroatoms. The van der Waals surface area contributed by atoms with Crippen molar-refractivity contribution in [2.45, 2.75) is 45.6 Å². The van der Waals surface area contributed by atoms with E-state index in [-0.39, 0.29) is 18.1 Å². The second-order valence-electron chi connectivity index (χ2n) is 5.86. The van der Waals surface area contributed by atoms with Crippen molar-refractivity contribution in [3.63, 3.8) is 0 Å². The molecule has 2 nitrogen and oxygen atoms in total. The third kappa shape index (κ3) is 2.60. The van der Waals surface area contributed by atoms with Crippen molar-refractivity contribution in [2.75, 3.05) is 13.2 Å². The highest BCUT2D eigenvalue weighted by molar-refractivity contribution is 5.26. The van der Waals surface area contributed by atoms with E-state index in [1.165, 1.54) is 11.1 Å². The highest BCUT2D eigenvalue weighted by Gasteiger charge is 2.40. The smallest absolute Gasteiger partial charge is 0.0629 e. The molecular weight excluding hydrogens is 224 g/mol. The zero-order chi connectivity index (χ0) is 13.2. The summed E-state index contributed by atoms with van der Waals surface area (Å²) in [5, 5.41) is 9.71. The Balaban J connectivity index is 2.13. The molecule has 0 amide bonds. The van der Waals surface area contributed by atoms with Gasteiger partial charge in [0.1, 0.15) is 0 Å². The van der Waals surface area contributed by atoms with Crippen molar-refractivity contribution in [1.82, 2.24) is 0 Å². The summed E-state index contributed by atoms with van der Waals surface area (Å²) in [5.74, 6) is 0.569. The summed E-state index contributed by atoms with van der Waals surface area (Å²) in [6.07, 6.45) is 2.01. The monoisotopic (exact) mass is 248 g/mol. The summed E-state index contributed by atoms with van der Waals surface area (Å²) in [5.41, 5.74) is 2.58. The zero-order valence-electron chi connectivity index (χ0n) is 11.6. The molecule has 1 aromatic carbocycles. The zero-order valence-corrected chi connectivity index (χ0v) is 11.6. The maximum absolute atomic E-state index is 9.71. The third-order valence-corrected chi connectivity index (χ3v) is 4.35. The van der Waals surface area contributed by atoms with E-state index in [1.807, 2.05) is 0 Å². The van der Waals surface area contributed by atoms with Gasteiger partial charge >= 0.3 is 0 Å². The summed E-state index contributed by atoms with van der Waals surface area (Å²) < 4.78 is 5.63. The van der Waals surface area contributed by atoms with Crippen molar-refractivity contribution in [3.05, 3.63) is 35.4 Å². The molecule has 2 unspecified atom stereocenters. The minimum absolute atomic E-state index is 0.0840. The predicted molar refractivity (Wildman–Crippen MR) is 73.8 cm³/mol. The van der Waals surface area contributed by atoms with E-state index in [2.05, 4.69) is 45.0 Å². The number of aliphatic hydroxyl groups is 1. The molecule has 1 saturated heterocycles. The molecule has 1 heterocycles. The van der Waals surface area contributed by atoms with Gasteiger partial charge in [-0.2, -0.15) is 0 Å². The maximum Gasteiger partial charge on any atom is 0.0629 e. The predicted octanol–water partition coefficient (Wildman–Crippen LogP) is 3.14. The Morgan fingerprint density at radius 3 is 2.44 bits per heavy atom. The fourth-order valence-corrected chi connectivity index (χ4v) is 2.74. The van der Waals surface area contributed by atoms with E-state index in [0.717, 1.165) is 19.4 Å². The molecule has 2 rings (SSSR count). The van der Waals surface area contributed by atoms with Crippen molar-refractivity contribution in [3.8, 4) is 0 Å². The van der Waals surface area contributed by atoms with Gasteiger partial charge in [-0.1, -0.05) is 38.1 Å². The lowest BCUT2D eigenvalue weighted by Crippen LogP contribution is -2.35. The quantitative estimate of drug-likeness (QED) is 0.887. The van der Waals surface area contributed by atoms with E-state index in [4.69, 9.17) is 4.74 Å². The highest BCUT2D eigenvalue weighted by atomic mass is 16.5. The number of ether oxygens (including phenoxy) is 1. The largest absolute Gasteiger partial charge is 0.396 e. The molecule has 0 radical (unpaired) electrons. The SMILES string of the molecule is CC(C)c1ccc(CC2(CO)CCOC2C)cc1. The second-order valence-corrected chi connectivity index (χ2v) is 5.86. The van der Waals surface area contributed by atoms with Crippen LogP contribution in [0.15, 0.2) is 24.3 Å². The Morgan fingerprint density at radius 2 is 2.00 bits per heavy atom. The van der Waals surface area contributed by atoms with Crippen molar-refractivity contribution < 1.29 is 9.84 Å². The first kappa shape index (κ1) is 13.6. The van der Waals surface area contributed by atoms with Crippen LogP contribution in [-0.2, 0) is 11.2 Å². The van der Waals surface area contributed by atoms with Gasteiger partial charge in [-0.05, 0) is 36.8 Å². The van der Waals surface area contributed by atoms with Gasteiger partial charge in [0.2, 0.25) is 0 Å². The fraction of sp³-hybridized carbons (Fsp3) is 0.625. The summed E-state index contributed by atoms with van der Waals surface area (Å²) in [4.78, 5) is 0. The molecule has 0 aliphatic carbocycles. The molecule has 0 saturated carbocycles. The summed E-state index contributed by atoms with van der Waals surface area (Å²) >= 11 is 0. The van der Waals surface area contributed by atoms with Crippen molar-refractivity contribution in [1.29, 1.82) is 0 Å². The molecular formula is C16H24O2. The minimum Gasteiger partial charge on any atom is -0.396 e. The van der Waals surface area contributed by atoms with Crippen LogP contribution in [0.4, 0.5) is 0 Å². The maximum atomic E-state index is 9.71. The fourth-order valence-electron chi connectivity index (χ4n) is 2.74. The first-order valence-electron chi connectivity index (χ1n) is 6.89. The average molecular weight is 248 g/mol. The van der Waals surface area contributed by atoms with Crippen LogP contribution >= 0.6 is 0 Å². The van der Waals surface area contributed by atoms with Gasteiger partial charge in [-0.15, -0.1) is 0 Å². The molecule has 0 aromatic heterocycles. The molecule has 0 spiro atoms. The average Bonchev–Trinajstić information content (AvgIpc) is 2.72. The Hall–Kier alpha value is -0.860. The lowest BCUT2D eigenvalue weighted by Gasteiger charge is -2.30. The van der Waals surface area contributed by atoms with Gasteiger partial charge in [0.25, 0.3) is 0 Å². The molecule has 1 fully saturated rings. The number of aliphatic hydroxyl groups excluding tert-OH is 1. The van der Waals surface area contributed by atoms with Gasteiger partial charge in [0.15, 0.2) is 0 Å². The molecule has 18 heavy (non-hydrogen) atoms. The van der Waals surface area contributed by atoms with Crippen LogP contribution in [0.5, 0.6) is 0 Å². The Bertz CT molecular complexity index is 383. The first-order valence-corrected chi connectivity index (χ1v) is 6.89. The number of benzene rings is 1. The number of hydrogen-bond acceptors (Lipinski definition) is 2. The normalized spacial score (nSPS) is 27.9. The van der Waals surface area contributed by atoms with Gasteiger partial charge < -0.3 is 9.84 Å². The molecule has 1 aliphatic heterocycles. The van der Waals surface area contributed by atoms with E-state index in [1.54, 1.807) is 0 Å². The van der Waals surface area contributed by atoms with Gasteiger partial charge in [-0.3, -0.25) is 0 Å². The Kier molecular flexibility index (Phi) is 4.08. The third-order valence-electron chi connectivity index (χ3n) is 4.35. The molecule has 100 valence electrons. The Morgan fingerprint density at radius 1 is 1.33 bits per heavy atom. The van der Waals surface area contributed by atoms with Gasteiger partial charge in [0, 0.05) is 12.0 Å². The number of rotatable bonds is 4. The van der Waals surface area contributed by atoms with Gasteiger partial charge in [0.05, 0.1) is 12.7 Å². The minimum atomic E-state index is -0.0840. The topological polar surface area (TPSA) is 29.5 Å². The van der Waals surface area contributed by atoms with Crippen LogP contribution in [-0.4, -0.2) is 24.4 Å². The van der Waals surface area contributed by atoms with Crippen LogP contribution in [0.2, 0.25) is 0 Å². The molecule has 1 aromatic rings. The van der Waals surface area contributed by atoms with E-state index in [0.29, 0.717) is 5.92 Å².